The Balaban J connectivity index is 1.95. The third-order valence-corrected chi connectivity index (χ3v) is 3.76. The van der Waals surface area contributed by atoms with E-state index in [-0.39, 0.29) is 5.54 Å². The predicted octanol–water partition coefficient (Wildman–Crippen LogP) is 3.19. The van der Waals surface area contributed by atoms with Crippen molar-refractivity contribution in [2.75, 3.05) is 0 Å². The molecule has 0 aliphatic heterocycles. The van der Waals surface area contributed by atoms with Crippen LogP contribution in [0.1, 0.15) is 29.7 Å². The largest absolute Gasteiger partial charge is 0.425 e. The number of rotatable bonds is 3. The molecule has 0 bridgehead atoms. The molecule has 2 rings (SSSR count). The molecule has 0 amide bonds. The molecule has 2 N–H and O–H groups in total. The average Bonchev–Trinajstić information content (AvgIpc) is 2.66. The molecular weight excluding hydrogens is 223 g/mol. The van der Waals surface area contributed by atoms with Crippen molar-refractivity contribution in [1.29, 1.82) is 0 Å². The molecular formula is C10H12F3NS. The van der Waals surface area contributed by atoms with Crippen molar-refractivity contribution < 1.29 is 13.2 Å². The molecule has 15 heavy (non-hydrogen) atoms. The minimum atomic E-state index is -4.21. The van der Waals surface area contributed by atoms with Crippen LogP contribution in [-0.4, -0.2) is 5.54 Å². The van der Waals surface area contributed by atoms with Gasteiger partial charge >= 0.3 is 6.18 Å². The van der Waals surface area contributed by atoms with Crippen LogP contribution in [0.5, 0.6) is 0 Å². The summed E-state index contributed by atoms with van der Waals surface area (Å²) in [5.74, 6) is 0. The molecule has 0 unspecified atom stereocenters. The van der Waals surface area contributed by atoms with Crippen LogP contribution in [0.4, 0.5) is 13.2 Å². The normalized spacial score (nSPS) is 19.2. The van der Waals surface area contributed by atoms with Crippen molar-refractivity contribution in [3.63, 3.8) is 0 Å². The Hall–Kier alpha value is -0.550. The minimum Gasteiger partial charge on any atom is -0.325 e. The van der Waals surface area contributed by atoms with Crippen molar-refractivity contribution in [2.24, 2.45) is 5.73 Å². The Morgan fingerprint density at radius 2 is 2.07 bits per heavy atom. The van der Waals surface area contributed by atoms with E-state index >= 15 is 0 Å². The van der Waals surface area contributed by atoms with Gasteiger partial charge in [0.2, 0.25) is 0 Å². The van der Waals surface area contributed by atoms with Crippen molar-refractivity contribution in [1.82, 2.24) is 0 Å². The summed E-state index contributed by atoms with van der Waals surface area (Å²) in [6, 6.07) is 1.23. The van der Waals surface area contributed by atoms with Gasteiger partial charge in [-0.25, -0.2) is 0 Å². The molecule has 0 atom stereocenters. The van der Waals surface area contributed by atoms with Gasteiger partial charge < -0.3 is 5.73 Å². The Morgan fingerprint density at radius 3 is 2.53 bits per heavy atom. The molecule has 5 heteroatoms. The quantitative estimate of drug-likeness (QED) is 0.855. The van der Waals surface area contributed by atoms with Crippen LogP contribution in [0.25, 0.3) is 0 Å². The lowest BCUT2D eigenvalue weighted by molar-refractivity contribution is -0.134. The van der Waals surface area contributed by atoms with E-state index in [2.05, 4.69) is 0 Å². The second-order valence-electron chi connectivity index (χ2n) is 4.18. The van der Waals surface area contributed by atoms with Crippen LogP contribution in [0.15, 0.2) is 11.4 Å². The highest BCUT2D eigenvalue weighted by Gasteiger charge is 2.37. The topological polar surface area (TPSA) is 26.0 Å². The third-order valence-electron chi connectivity index (χ3n) is 2.74. The fourth-order valence-corrected chi connectivity index (χ4v) is 2.28. The predicted molar refractivity (Wildman–Crippen MR) is 53.8 cm³/mol. The summed E-state index contributed by atoms with van der Waals surface area (Å²) in [7, 11) is 0. The zero-order valence-corrected chi connectivity index (χ0v) is 8.92. The maximum Gasteiger partial charge on any atom is 0.425 e. The summed E-state index contributed by atoms with van der Waals surface area (Å²) < 4.78 is 36.8. The summed E-state index contributed by atoms with van der Waals surface area (Å²) in [5.41, 5.74) is 6.54. The van der Waals surface area contributed by atoms with Gasteiger partial charge in [-0.2, -0.15) is 13.2 Å². The van der Waals surface area contributed by atoms with Crippen LogP contribution in [0, 0.1) is 0 Å². The smallest absolute Gasteiger partial charge is 0.325 e. The van der Waals surface area contributed by atoms with E-state index in [9.17, 15) is 13.2 Å². The van der Waals surface area contributed by atoms with Crippen molar-refractivity contribution in [3.05, 3.63) is 21.9 Å². The fourth-order valence-electron chi connectivity index (χ4n) is 1.46. The van der Waals surface area contributed by atoms with Gasteiger partial charge in [-0.15, -0.1) is 11.3 Å². The monoisotopic (exact) mass is 235 g/mol. The number of aryl methyl sites for hydroxylation is 1. The summed E-state index contributed by atoms with van der Waals surface area (Å²) in [5, 5.41) is 1.58. The number of halogens is 3. The molecule has 1 nitrogen and oxygen atoms in total. The first kappa shape index (κ1) is 11.0. The third kappa shape index (κ3) is 2.72. The van der Waals surface area contributed by atoms with Gasteiger partial charge in [-0.05, 0) is 42.7 Å². The molecule has 0 radical (unpaired) electrons. The molecule has 1 aromatic rings. The number of alkyl halides is 3. The lowest BCUT2D eigenvalue weighted by atomic mass is 10.1. The van der Waals surface area contributed by atoms with E-state index < -0.39 is 11.1 Å². The van der Waals surface area contributed by atoms with E-state index in [1.54, 1.807) is 5.38 Å². The number of thiophene rings is 1. The first-order valence-corrected chi connectivity index (χ1v) is 5.71. The molecule has 1 aliphatic rings. The number of hydrogen-bond acceptors (Lipinski definition) is 2. The van der Waals surface area contributed by atoms with E-state index in [0.717, 1.165) is 36.2 Å². The second-order valence-corrected chi connectivity index (χ2v) is 5.09. The Kier molecular flexibility index (Phi) is 2.55. The molecule has 1 fully saturated rings. The van der Waals surface area contributed by atoms with Gasteiger partial charge in [0.25, 0.3) is 0 Å². The van der Waals surface area contributed by atoms with Crippen LogP contribution in [-0.2, 0) is 12.6 Å². The van der Waals surface area contributed by atoms with Gasteiger partial charge in [0.15, 0.2) is 0 Å². The zero-order valence-electron chi connectivity index (χ0n) is 8.10. The van der Waals surface area contributed by atoms with Crippen LogP contribution >= 0.6 is 11.3 Å². The van der Waals surface area contributed by atoms with Crippen molar-refractivity contribution in [3.8, 4) is 0 Å². The van der Waals surface area contributed by atoms with Crippen LogP contribution in [0.3, 0.4) is 0 Å². The molecule has 1 aliphatic carbocycles. The summed E-state index contributed by atoms with van der Waals surface area (Å²) in [6.45, 7) is 0. The number of nitrogens with two attached hydrogens (primary N) is 1. The van der Waals surface area contributed by atoms with Crippen LogP contribution < -0.4 is 5.73 Å². The Bertz CT molecular complexity index is 352. The second kappa shape index (κ2) is 3.49. The minimum absolute atomic E-state index is 0.0830. The van der Waals surface area contributed by atoms with Gasteiger partial charge in [-0.3, -0.25) is 0 Å². The standard InChI is InChI=1S/C10H12F3NS/c11-10(12,13)8-5-7(6-15-8)1-2-9(14)3-4-9/h5-6H,1-4,14H2. The lowest BCUT2D eigenvalue weighted by Crippen LogP contribution is -2.21. The molecule has 1 heterocycles. The highest BCUT2D eigenvalue weighted by molar-refractivity contribution is 7.10. The molecule has 0 aromatic carbocycles. The number of hydrogen-bond donors (Lipinski definition) is 1. The van der Waals surface area contributed by atoms with Gasteiger partial charge in [0, 0.05) is 5.54 Å². The Labute approximate surface area is 90.1 Å². The molecule has 1 saturated carbocycles. The van der Waals surface area contributed by atoms with E-state index in [4.69, 9.17) is 5.73 Å². The first-order chi connectivity index (χ1) is 6.89. The SMILES string of the molecule is NC1(CCc2csc(C(F)(F)F)c2)CC1. The van der Waals surface area contributed by atoms with Crippen molar-refractivity contribution >= 4 is 11.3 Å². The zero-order chi connectivity index (χ0) is 11.1. The van der Waals surface area contributed by atoms with E-state index in [1.165, 1.54) is 6.07 Å². The highest BCUT2D eigenvalue weighted by Crippen LogP contribution is 2.38. The lowest BCUT2D eigenvalue weighted by Gasteiger charge is -2.06. The summed E-state index contributed by atoms with van der Waals surface area (Å²) in [6.07, 6.45) is -0.750. The van der Waals surface area contributed by atoms with E-state index in [1.807, 2.05) is 0 Å². The Morgan fingerprint density at radius 1 is 1.40 bits per heavy atom. The molecule has 0 spiro atoms. The summed E-state index contributed by atoms with van der Waals surface area (Å²) in [4.78, 5) is -0.514. The van der Waals surface area contributed by atoms with Gasteiger partial charge in [0.05, 0.1) is 0 Å². The molecule has 0 saturated heterocycles. The fraction of sp³-hybridized carbons (Fsp3) is 0.600. The van der Waals surface area contributed by atoms with Crippen LogP contribution in [0.2, 0.25) is 0 Å². The van der Waals surface area contributed by atoms with E-state index in [0.29, 0.717) is 6.42 Å². The highest BCUT2D eigenvalue weighted by atomic mass is 32.1. The maximum atomic E-state index is 12.3. The molecule has 84 valence electrons. The van der Waals surface area contributed by atoms with Gasteiger partial charge in [-0.1, -0.05) is 0 Å². The van der Waals surface area contributed by atoms with Gasteiger partial charge in [0.1, 0.15) is 4.88 Å². The van der Waals surface area contributed by atoms with Crippen molar-refractivity contribution in [2.45, 2.75) is 37.4 Å². The summed E-state index contributed by atoms with van der Waals surface area (Å²) >= 11 is 0.762. The molecule has 1 aromatic heterocycles. The first-order valence-electron chi connectivity index (χ1n) is 4.83. The maximum absolute atomic E-state index is 12.3. The average molecular weight is 235 g/mol.